The van der Waals surface area contributed by atoms with Gasteiger partial charge in [0.2, 0.25) is 0 Å². The van der Waals surface area contributed by atoms with Crippen LogP contribution in [0.3, 0.4) is 0 Å². The minimum absolute atomic E-state index is 0.303. The van der Waals surface area contributed by atoms with Gasteiger partial charge >= 0.3 is 0 Å². The van der Waals surface area contributed by atoms with E-state index in [1.165, 1.54) is 0 Å². The molecule has 0 unspecified atom stereocenters. The fourth-order valence-electron chi connectivity index (χ4n) is 1.24. The fraction of sp³-hybridized carbons (Fsp3) is 0.600. The lowest BCUT2D eigenvalue weighted by Gasteiger charge is -2.10. The van der Waals surface area contributed by atoms with E-state index in [1.54, 1.807) is 0 Å². The van der Waals surface area contributed by atoms with E-state index in [2.05, 4.69) is 4.57 Å². The minimum atomic E-state index is 0.303. The van der Waals surface area contributed by atoms with Crippen LogP contribution in [-0.4, -0.2) is 17.3 Å². The van der Waals surface area contributed by atoms with Crippen molar-refractivity contribution < 1.29 is 4.74 Å². The Morgan fingerprint density at radius 3 is 2.92 bits per heavy atom. The largest absolute Gasteiger partial charge is 0.377 e. The highest BCUT2D eigenvalue weighted by Crippen LogP contribution is 2.01. The maximum Gasteiger partial charge on any atom is 0.0649 e. The zero-order valence-corrected chi connectivity index (χ0v) is 8.36. The van der Waals surface area contributed by atoms with Crippen LogP contribution in [0, 0.1) is 0 Å². The molecule has 1 aromatic heterocycles. The summed E-state index contributed by atoms with van der Waals surface area (Å²) in [6.07, 6.45) is 2.34. The van der Waals surface area contributed by atoms with Crippen molar-refractivity contribution in [1.29, 1.82) is 0 Å². The van der Waals surface area contributed by atoms with Crippen molar-refractivity contribution in [2.75, 3.05) is 6.61 Å². The predicted molar refractivity (Wildman–Crippen MR) is 53.4 cm³/mol. The third kappa shape index (κ3) is 3.20. The SMILES string of the molecule is CC(C)OCCn1cccc1CN. The van der Waals surface area contributed by atoms with Crippen molar-refractivity contribution in [1.82, 2.24) is 4.57 Å². The summed E-state index contributed by atoms with van der Waals surface area (Å²) in [6.45, 7) is 6.31. The Bertz CT molecular complexity index is 243. The van der Waals surface area contributed by atoms with E-state index < -0.39 is 0 Å². The molecule has 0 amide bonds. The average molecular weight is 182 g/mol. The molecule has 0 spiro atoms. The summed E-state index contributed by atoms with van der Waals surface area (Å²) in [6, 6.07) is 4.05. The van der Waals surface area contributed by atoms with Crippen molar-refractivity contribution in [3.05, 3.63) is 24.0 Å². The highest BCUT2D eigenvalue weighted by Gasteiger charge is 1.98. The third-order valence-electron chi connectivity index (χ3n) is 1.92. The van der Waals surface area contributed by atoms with Gasteiger partial charge in [-0.25, -0.2) is 0 Å². The molecule has 0 bridgehead atoms. The molecule has 74 valence electrons. The Kier molecular flexibility index (Phi) is 3.99. The fourth-order valence-corrected chi connectivity index (χ4v) is 1.24. The van der Waals surface area contributed by atoms with E-state index >= 15 is 0 Å². The molecule has 1 aromatic rings. The summed E-state index contributed by atoms with van der Waals surface area (Å²) in [5, 5.41) is 0. The molecule has 0 saturated heterocycles. The van der Waals surface area contributed by atoms with Gasteiger partial charge in [-0.1, -0.05) is 0 Å². The van der Waals surface area contributed by atoms with Gasteiger partial charge in [0, 0.05) is 25.0 Å². The van der Waals surface area contributed by atoms with Crippen molar-refractivity contribution in [3.63, 3.8) is 0 Å². The van der Waals surface area contributed by atoms with E-state index in [0.717, 1.165) is 18.8 Å². The summed E-state index contributed by atoms with van der Waals surface area (Å²) in [4.78, 5) is 0. The summed E-state index contributed by atoms with van der Waals surface area (Å²) < 4.78 is 7.58. The highest BCUT2D eigenvalue weighted by molar-refractivity contribution is 5.06. The van der Waals surface area contributed by atoms with Gasteiger partial charge < -0.3 is 15.0 Å². The monoisotopic (exact) mass is 182 g/mol. The van der Waals surface area contributed by atoms with Gasteiger partial charge in [0.25, 0.3) is 0 Å². The smallest absolute Gasteiger partial charge is 0.0649 e. The lowest BCUT2D eigenvalue weighted by molar-refractivity contribution is 0.0724. The Morgan fingerprint density at radius 1 is 1.54 bits per heavy atom. The molecule has 0 fully saturated rings. The molecule has 3 heteroatoms. The summed E-state index contributed by atoms with van der Waals surface area (Å²) in [5.41, 5.74) is 6.72. The van der Waals surface area contributed by atoms with Crippen molar-refractivity contribution in [2.45, 2.75) is 33.0 Å². The van der Waals surface area contributed by atoms with E-state index in [-0.39, 0.29) is 0 Å². The highest BCUT2D eigenvalue weighted by atomic mass is 16.5. The van der Waals surface area contributed by atoms with Crippen molar-refractivity contribution in [2.24, 2.45) is 5.73 Å². The lowest BCUT2D eigenvalue weighted by Crippen LogP contribution is -2.13. The maximum absolute atomic E-state index is 5.56. The maximum atomic E-state index is 5.56. The van der Waals surface area contributed by atoms with Crippen molar-refractivity contribution >= 4 is 0 Å². The lowest BCUT2D eigenvalue weighted by atomic mass is 10.4. The van der Waals surface area contributed by atoms with E-state index in [9.17, 15) is 0 Å². The van der Waals surface area contributed by atoms with Gasteiger partial charge in [0.1, 0.15) is 0 Å². The second kappa shape index (κ2) is 5.04. The number of ether oxygens (including phenoxy) is 1. The molecule has 1 rings (SSSR count). The van der Waals surface area contributed by atoms with Crippen LogP contribution in [0.4, 0.5) is 0 Å². The van der Waals surface area contributed by atoms with Gasteiger partial charge in [0.05, 0.1) is 12.7 Å². The Balaban J connectivity index is 2.36. The zero-order chi connectivity index (χ0) is 9.68. The molecule has 0 saturated carbocycles. The number of hydrogen-bond acceptors (Lipinski definition) is 2. The van der Waals surface area contributed by atoms with Gasteiger partial charge in [0.15, 0.2) is 0 Å². The predicted octanol–water partition coefficient (Wildman–Crippen LogP) is 1.37. The first-order valence-corrected chi connectivity index (χ1v) is 4.69. The number of aromatic nitrogens is 1. The normalized spacial score (nSPS) is 11.1. The van der Waals surface area contributed by atoms with E-state index in [1.807, 2.05) is 32.2 Å². The van der Waals surface area contributed by atoms with Gasteiger partial charge in [-0.2, -0.15) is 0 Å². The number of hydrogen-bond donors (Lipinski definition) is 1. The van der Waals surface area contributed by atoms with Gasteiger partial charge in [-0.3, -0.25) is 0 Å². The van der Waals surface area contributed by atoms with Crippen LogP contribution in [0.25, 0.3) is 0 Å². The first kappa shape index (κ1) is 10.3. The molecular weight excluding hydrogens is 164 g/mol. The molecule has 0 radical (unpaired) electrons. The van der Waals surface area contributed by atoms with Gasteiger partial charge in [-0.15, -0.1) is 0 Å². The molecule has 0 aliphatic rings. The van der Waals surface area contributed by atoms with E-state index in [4.69, 9.17) is 10.5 Å². The summed E-state index contributed by atoms with van der Waals surface area (Å²) >= 11 is 0. The second-order valence-corrected chi connectivity index (χ2v) is 3.32. The number of nitrogens with two attached hydrogens (primary N) is 1. The van der Waals surface area contributed by atoms with Crippen LogP contribution < -0.4 is 5.73 Å². The molecule has 0 atom stereocenters. The Labute approximate surface area is 79.5 Å². The summed E-state index contributed by atoms with van der Waals surface area (Å²) in [5.74, 6) is 0. The molecule has 1 heterocycles. The molecule has 0 aromatic carbocycles. The average Bonchev–Trinajstić information content (AvgIpc) is 2.51. The van der Waals surface area contributed by atoms with Crippen LogP contribution in [0.5, 0.6) is 0 Å². The number of rotatable bonds is 5. The van der Waals surface area contributed by atoms with Crippen LogP contribution in [-0.2, 0) is 17.8 Å². The van der Waals surface area contributed by atoms with Crippen LogP contribution in [0.1, 0.15) is 19.5 Å². The standard InChI is InChI=1S/C10H18N2O/c1-9(2)13-7-6-12-5-3-4-10(12)8-11/h3-5,9H,6-8,11H2,1-2H3. The van der Waals surface area contributed by atoms with Gasteiger partial charge in [-0.05, 0) is 26.0 Å². The molecule has 2 N–H and O–H groups in total. The Hall–Kier alpha value is -0.800. The summed E-state index contributed by atoms with van der Waals surface area (Å²) in [7, 11) is 0. The Morgan fingerprint density at radius 2 is 2.31 bits per heavy atom. The topological polar surface area (TPSA) is 40.2 Å². The zero-order valence-electron chi connectivity index (χ0n) is 8.36. The molecule has 0 aliphatic heterocycles. The molecule has 0 aliphatic carbocycles. The first-order chi connectivity index (χ1) is 6.24. The van der Waals surface area contributed by atoms with Crippen molar-refractivity contribution in [3.8, 4) is 0 Å². The quantitative estimate of drug-likeness (QED) is 0.747. The first-order valence-electron chi connectivity index (χ1n) is 4.69. The second-order valence-electron chi connectivity index (χ2n) is 3.32. The molecule has 3 nitrogen and oxygen atoms in total. The molecule has 13 heavy (non-hydrogen) atoms. The van der Waals surface area contributed by atoms with Crippen LogP contribution >= 0.6 is 0 Å². The number of nitrogens with zero attached hydrogens (tertiary/aromatic N) is 1. The van der Waals surface area contributed by atoms with Crippen LogP contribution in [0.2, 0.25) is 0 Å². The molecular formula is C10H18N2O. The van der Waals surface area contributed by atoms with Crippen LogP contribution in [0.15, 0.2) is 18.3 Å². The minimum Gasteiger partial charge on any atom is -0.377 e. The third-order valence-corrected chi connectivity index (χ3v) is 1.92. The van der Waals surface area contributed by atoms with E-state index in [0.29, 0.717) is 12.6 Å².